The van der Waals surface area contributed by atoms with Gasteiger partial charge in [0.15, 0.2) is 0 Å². The summed E-state index contributed by atoms with van der Waals surface area (Å²) in [5.74, 6) is 0.810. The Hall–Kier alpha value is -2.24. The van der Waals surface area contributed by atoms with E-state index in [1.54, 1.807) is 7.11 Å². The van der Waals surface area contributed by atoms with Crippen molar-refractivity contribution in [3.8, 4) is 5.75 Å². The molecule has 6 heteroatoms. The molecule has 1 aromatic carbocycles. The Morgan fingerprint density at radius 2 is 1.64 bits per heavy atom. The minimum atomic E-state index is -0.172. The number of carbonyl (C=O) groups is 2. The first-order valence-corrected chi connectivity index (χ1v) is 7.51. The van der Waals surface area contributed by atoms with Crippen LogP contribution in [0.2, 0.25) is 0 Å². The standard InChI is InChI=1S/C16H25N3O3/c1-13(20)17-10-5-6-11-18-16(21)19-12-9-14-7-3-4-8-15(14)22-2/h3-4,7-8H,5-6,9-12H2,1-2H3,(H,17,20)(H2,18,19,21). The van der Waals surface area contributed by atoms with E-state index in [0.29, 0.717) is 19.6 Å². The Balaban J connectivity index is 2.09. The lowest BCUT2D eigenvalue weighted by Gasteiger charge is -2.10. The number of ether oxygens (including phenoxy) is 1. The number of methoxy groups -OCH3 is 1. The number of urea groups is 1. The minimum Gasteiger partial charge on any atom is -0.496 e. The van der Waals surface area contributed by atoms with Crippen molar-refractivity contribution < 1.29 is 14.3 Å². The quantitative estimate of drug-likeness (QED) is 0.604. The van der Waals surface area contributed by atoms with Crippen molar-refractivity contribution in [3.05, 3.63) is 29.8 Å². The zero-order valence-corrected chi connectivity index (χ0v) is 13.3. The van der Waals surface area contributed by atoms with Crippen molar-refractivity contribution in [1.29, 1.82) is 0 Å². The van der Waals surface area contributed by atoms with Gasteiger partial charge in [0.2, 0.25) is 5.91 Å². The molecule has 0 heterocycles. The summed E-state index contributed by atoms with van der Waals surface area (Å²) in [5.41, 5.74) is 1.07. The lowest BCUT2D eigenvalue weighted by atomic mass is 10.1. The molecule has 3 amide bonds. The summed E-state index contributed by atoms with van der Waals surface area (Å²) < 4.78 is 5.26. The van der Waals surface area contributed by atoms with Crippen LogP contribution in [0, 0.1) is 0 Å². The third kappa shape index (κ3) is 7.52. The van der Waals surface area contributed by atoms with Crippen LogP contribution >= 0.6 is 0 Å². The van der Waals surface area contributed by atoms with E-state index < -0.39 is 0 Å². The fourth-order valence-electron chi connectivity index (χ4n) is 2.00. The number of benzene rings is 1. The largest absolute Gasteiger partial charge is 0.496 e. The number of carbonyl (C=O) groups excluding carboxylic acids is 2. The van der Waals surface area contributed by atoms with Gasteiger partial charge in [-0.2, -0.15) is 0 Å². The van der Waals surface area contributed by atoms with Crippen molar-refractivity contribution in [2.45, 2.75) is 26.2 Å². The Kier molecular flexibility index (Phi) is 8.49. The summed E-state index contributed by atoms with van der Waals surface area (Å²) in [5, 5.41) is 8.33. The number of rotatable bonds is 9. The molecule has 1 aromatic rings. The molecule has 0 bridgehead atoms. The first-order chi connectivity index (χ1) is 10.6. The van der Waals surface area contributed by atoms with Gasteiger partial charge in [-0.3, -0.25) is 4.79 Å². The number of nitrogens with one attached hydrogen (secondary N) is 3. The third-order valence-corrected chi connectivity index (χ3v) is 3.14. The van der Waals surface area contributed by atoms with E-state index in [1.165, 1.54) is 6.92 Å². The van der Waals surface area contributed by atoms with Crippen LogP contribution < -0.4 is 20.7 Å². The fourth-order valence-corrected chi connectivity index (χ4v) is 2.00. The van der Waals surface area contributed by atoms with Crippen LogP contribution in [0.25, 0.3) is 0 Å². The van der Waals surface area contributed by atoms with E-state index in [-0.39, 0.29) is 11.9 Å². The van der Waals surface area contributed by atoms with Gasteiger partial charge in [-0.25, -0.2) is 4.79 Å². The number of unbranched alkanes of at least 4 members (excludes halogenated alkanes) is 1. The van der Waals surface area contributed by atoms with E-state index in [4.69, 9.17) is 4.74 Å². The van der Waals surface area contributed by atoms with Crippen molar-refractivity contribution in [2.75, 3.05) is 26.7 Å². The molecular formula is C16H25N3O3. The molecule has 1 rings (SSSR count). The van der Waals surface area contributed by atoms with E-state index in [1.807, 2.05) is 24.3 Å². The average Bonchev–Trinajstić information content (AvgIpc) is 2.51. The molecule has 22 heavy (non-hydrogen) atoms. The molecule has 0 aliphatic heterocycles. The van der Waals surface area contributed by atoms with E-state index in [2.05, 4.69) is 16.0 Å². The van der Waals surface area contributed by atoms with Crippen LogP contribution in [0.5, 0.6) is 5.75 Å². The maximum Gasteiger partial charge on any atom is 0.314 e. The second-order valence-electron chi connectivity index (χ2n) is 4.93. The molecule has 122 valence electrons. The van der Waals surface area contributed by atoms with Gasteiger partial charge in [-0.05, 0) is 30.9 Å². The van der Waals surface area contributed by atoms with Crippen LogP contribution in [0.3, 0.4) is 0 Å². The van der Waals surface area contributed by atoms with Crippen LogP contribution in [-0.4, -0.2) is 38.7 Å². The smallest absolute Gasteiger partial charge is 0.314 e. The molecule has 3 N–H and O–H groups in total. The number of hydrogen-bond donors (Lipinski definition) is 3. The van der Waals surface area contributed by atoms with Crippen LogP contribution in [0.15, 0.2) is 24.3 Å². The molecule has 6 nitrogen and oxygen atoms in total. The van der Waals surface area contributed by atoms with Crippen LogP contribution in [-0.2, 0) is 11.2 Å². The summed E-state index contributed by atoms with van der Waals surface area (Å²) >= 11 is 0. The average molecular weight is 307 g/mol. The molecule has 0 fully saturated rings. The maximum absolute atomic E-state index is 11.6. The van der Waals surface area contributed by atoms with Gasteiger partial charge >= 0.3 is 6.03 Å². The molecule has 0 spiro atoms. The maximum atomic E-state index is 11.6. The van der Waals surface area contributed by atoms with Gasteiger partial charge in [-0.15, -0.1) is 0 Å². The lowest BCUT2D eigenvalue weighted by molar-refractivity contribution is -0.118. The van der Waals surface area contributed by atoms with E-state index in [0.717, 1.165) is 30.6 Å². The molecule has 0 saturated carbocycles. The van der Waals surface area contributed by atoms with Gasteiger partial charge in [0, 0.05) is 26.6 Å². The normalized spacial score (nSPS) is 9.91. The zero-order valence-electron chi connectivity index (χ0n) is 13.3. The molecule has 0 unspecified atom stereocenters. The molecule has 0 aliphatic rings. The first-order valence-electron chi connectivity index (χ1n) is 7.51. The van der Waals surface area contributed by atoms with Crippen LogP contribution in [0.4, 0.5) is 4.79 Å². The molecule has 0 aromatic heterocycles. The minimum absolute atomic E-state index is 0.0259. The summed E-state index contributed by atoms with van der Waals surface area (Å²) in [6, 6.07) is 7.59. The molecule has 0 saturated heterocycles. The van der Waals surface area contributed by atoms with Gasteiger partial charge < -0.3 is 20.7 Å². The third-order valence-electron chi connectivity index (χ3n) is 3.14. The van der Waals surface area contributed by atoms with Gasteiger partial charge in [0.25, 0.3) is 0 Å². The van der Waals surface area contributed by atoms with E-state index >= 15 is 0 Å². The van der Waals surface area contributed by atoms with E-state index in [9.17, 15) is 9.59 Å². The molecule has 0 radical (unpaired) electrons. The second kappa shape index (κ2) is 10.5. The topological polar surface area (TPSA) is 79.5 Å². The van der Waals surface area contributed by atoms with Gasteiger partial charge in [0.05, 0.1) is 7.11 Å². The van der Waals surface area contributed by atoms with Crippen molar-refractivity contribution >= 4 is 11.9 Å². The SMILES string of the molecule is COc1ccccc1CCNC(=O)NCCCCNC(C)=O. The Morgan fingerprint density at radius 1 is 1.00 bits per heavy atom. The summed E-state index contributed by atoms with van der Waals surface area (Å²) in [6.45, 7) is 3.29. The highest BCUT2D eigenvalue weighted by atomic mass is 16.5. The highest BCUT2D eigenvalue weighted by molar-refractivity contribution is 5.73. The second-order valence-corrected chi connectivity index (χ2v) is 4.93. The molecule has 0 atom stereocenters. The summed E-state index contributed by atoms with van der Waals surface area (Å²) in [4.78, 5) is 22.3. The fraction of sp³-hybridized carbons (Fsp3) is 0.500. The highest BCUT2D eigenvalue weighted by Crippen LogP contribution is 2.17. The summed E-state index contributed by atoms with van der Waals surface area (Å²) in [6.07, 6.45) is 2.40. The predicted molar refractivity (Wildman–Crippen MR) is 86.0 cm³/mol. The number of hydrogen-bond acceptors (Lipinski definition) is 3. The van der Waals surface area contributed by atoms with Crippen molar-refractivity contribution in [3.63, 3.8) is 0 Å². The Morgan fingerprint density at radius 3 is 2.32 bits per heavy atom. The molecular weight excluding hydrogens is 282 g/mol. The Bertz CT molecular complexity index is 477. The van der Waals surface area contributed by atoms with Crippen molar-refractivity contribution in [1.82, 2.24) is 16.0 Å². The number of para-hydroxylation sites is 1. The molecule has 0 aliphatic carbocycles. The number of amides is 3. The zero-order chi connectivity index (χ0) is 16.2. The Labute approximate surface area is 131 Å². The van der Waals surface area contributed by atoms with Crippen molar-refractivity contribution in [2.24, 2.45) is 0 Å². The predicted octanol–water partition coefficient (Wildman–Crippen LogP) is 1.45. The van der Waals surface area contributed by atoms with Crippen LogP contribution in [0.1, 0.15) is 25.3 Å². The first kappa shape index (κ1) is 17.8. The highest BCUT2D eigenvalue weighted by Gasteiger charge is 2.03. The lowest BCUT2D eigenvalue weighted by Crippen LogP contribution is -2.37. The van der Waals surface area contributed by atoms with Gasteiger partial charge in [-0.1, -0.05) is 18.2 Å². The van der Waals surface area contributed by atoms with Gasteiger partial charge in [0.1, 0.15) is 5.75 Å². The monoisotopic (exact) mass is 307 g/mol. The summed E-state index contributed by atoms with van der Waals surface area (Å²) in [7, 11) is 1.64.